The van der Waals surface area contributed by atoms with E-state index in [0.29, 0.717) is 5.56 Å². The van der Waals surface area contributed by atoms with Crippen molar-refractivity contribution in [2.24, 2.45) is 0 Å². The molecule has 0 amide bonds. The van der Waals surface area contributed by atoms with Crippen LogP contribution in [0.3, 0.4) is 0 Å². The maximum Gasteiger partial charge on any atom is 0.416 e. The molecule has 0 aliphatic rings. The first-order valence-corrected chi connectivity index (χ1v) is 11.4. The Morgan fingerprint density at radius 1 is 0.444 bits per heavy atom. The second-order valence-electron chi connectivity index (χ2n) is 8.55. The average molecular weight is 501 g/mol. The van der Waals surface area contributed by atoms with Crippen molar-refractivity contribution < 1.29 is 22.0 Å². The number of hydrogen-bond acceptors (Lipinski definition) is 0. The monoisotopic (exact) mass is 500 g/mol. The molecule has 0 N–H and O–H groups in total. The number of benzene rings is 4. The van der Waals surface area contributed by atoms with Gasteiger partial charge in [-0.3, -0.25) is 0 Å². The molecule has 0 aliphatic carbocycles. The summed E-state index contributed by atoms with van der Waals surface area (Å²) in [5.41, 5.74) is 6.24. The fourth-order valence-corrected chi connectivity index (χ4v) is 2.73. The Labute approximate surface area is 211 Å². The molecule has 0 saturated carbocycles. The van der Waals surface area contributed by atoms with Crippen molar-refractivity contribution in [3.63, 3.8) is 0 Å². The number of alkyl halides is 3. The minimum absolute atomic E-state index is 0.521. The van der Waals surface area contributed by atoms with Gasteiger partial charge in [0.05, 0.1) is 5.56 Å². The van der Waals surface area contributed by atoms with E-state index in [1.807, 2.05) is 0 Å². The Balaban J connectivity index is 0.000000242. The molecule has 0 heterocycles. The van der Waals surface area contributed by atoms with Gasteiger partial charge in [0.2, 0.25) is 0 Å². The lowest BCUT2D eigenvalue weighted by Gasteiger charge is -2.05. The zero-order chi connectivity index (χ0) is 27.3. The molecular weight excluding hydrogens is 467 g/mol. The lowest BCUT2D eigenvalue weighted by molar-refractivity contribution is -0.137. The van der Waals surface area contributed by atoms with Crippen LogP contribution in [0.2, 0.25) is 0 Å². The van der Waals surface area contributed by atoms with Gasteiger partial charge in [-0.2, -0.15) is 13.2 Å². The highest BCUT2D eigenvalue weighted by Gasteiger charge is 2.29. The molecular formula is C31H33F5. The molecule has 0 aliphatic heterocycles. The van der Waals surface area contributed by atoms with Crippen LogP contribution in [-0.2, 0) is 6.18 Å². The van der Waals surface area contributed by atoms with Gasteiger partial charge in [0.15, 0.2) is 0 Å². The zero-order valence-electron chi connectivity index (χ0n) is 21.6. The van der Waals surface area contributed by atoms with Crippen molar-refractivity contribution >= 4 is 0 Å². The number of aryl methyl sites for hydroxylation is 6. The summed E-state index contributed by atoms with van der Waals surface area (Å²) < 4.78 is 60.1. The predicted molar refractivity (Wildman–Crippen MR) is 139 cm³/mol. The van der Waals surface area contributed by atoms with E-state index in [2.05, 4.69) is 76.2 Å². The molecule has 0 radical (unpaired) electrons. The molecule has 4 rings (SSSR count). The summed E-state index contributed by atoms with van der Waals surface area (Å²) in [6.45, 7) is 11.8. The Morgan fingerprint density at radius 2 is 0.778 bits per heavy atom. The fraction of sp³-hybridized carbons (Fsp3) is 0.226. The van der Waals surface area contributed by atoms with Crippen LogP contribution in [-0.4, -0.2) is 0 Å². The first-order chi connectivity index (χ1) is 16.8. The second kappa shape index (κ2) is 14.8. The number of halogens is 5. The van der Waals surface area contributed by atoms with Gasteiger partial charge >= 0.3 is 6.18 Å². The molecule has 192 valence electrons. The molecule has 0 saturated heterocycles. The van der Waals surface area contributed by atoms with E-state index in [4.69, 9.17) is 0 Å². The Kier molecular flexibility index (Phi) is 12.6. The topological polar surface area (TPSA) is 0 Å². The van der Waals surface area contributed by atoms with Crippen molar-refractivity contribution in [2.75, 3.05) is 0 Å². The first kappa shape index (κ1) is 30.6. The highest BCUT2D eigenvalue weighted by Crippen LogP contribution is 2.28. The van der Waals surface area contributed by atoms with Gasteiger partial charge in [0.1, 0.15) is 11.6 Å². The second-order valence-corrected chi connectivity index (χ2v) is 8.55. The van der Waals surface area contributed by atoms with Gasteiger partial charge in [-0.25, -0.2) is 8.78 Å². The molecule has 0 bridgehead atoms. The largest absolute Gasteiger partial charge is 0.416 e. The van der Waals surface area contributed by atoms with Crippen LogP contribution in [0.4, 0.5) is 22.0 Å². The molecule has 0 nitrogen and oxygen atoms in total. The highest BCUT2D eigenvalue weighted by atomic mass is 19.4. The lowest BCUT2D eigenvalue weighted by atomic mass is 10.1. The molecule has 4 aromatic rings. The molecule has 36 heavy (non-hydrogen) atoms. The SMILES string of the molecule is Cc1cc(F)cc(F)c1.Cc1ccc(C(F)(F)F)cc1.Cc1ccc(C)cc1.Cc1ccccc1C. The van der Waals surface area contributed by atoms with Crippen LogP contribution in [0.5, 0.6) is 0 Å². The number of hydrogen-bond donors (Lipinski definition) is 0. The van der Waals surface area contributed by atoms with E-state index in [1.54, 1.807) is 13.8 Å². The quantitative estimate of drug-likeness (QED) is 0.211. The van der Waals surface area contributed by atoms with Crippen molar-refractivity contribution in [3.8, 4) is 0 Å². The normalized spacial score (nSPS) is 10.1. The van der Waals surface area contributed by atoms with Crippen LogP contribution in [0.15, 0.2) is 91.0 Å². The third-order valence-corrected chi connectivity index (χ3v) is 5.03. The number of rotatable bonds is 0. The lowest BCUT2D eigenvalue weighted by Crippen LogP contribution is -2.03. The van der Waals surface area contributed by atoms with Crippen molar-refractivity contribution in [3.05, 3.63) is 142 Å². The average Bonchev–Trinajstić information content (AvgIpc) is 2.78. The van der Waals surface area contributed by atoms with Crippen molar-refractivity contribution in [1.82, 2.24) is 0 Å². The fourth-order valence-electron chi connectivity index (χ4n) is 2.73. The van der Waals surface area contributed by atoms with E-state index in [-0.39, 0.29) is 0 Å². The van der Waals surface area contributed by atoms with Crippen molar-refractivity contribution in [2.45, 2.75) is 47.7 Å². The molecule has 0 spiro atoms. The molecule has 0 unspecified atom stereocenters. The van der Waals surface area contributed by atoms with Crippen LogP contribution in [0, 0.1) is 53.2 Å². The molecule has 0 aromatic heterocycles. The van der Waals surface area contributed by atoms with E-state index in [1.165, 1.54) is 46.5 Å². The van der Waals surface area contributed by atoms with Gasteiger partial charge in [-0.1, -0.05) is 77.4 Å². The van der Waals surface area contributed by atoms with Crippen LogP contribution >= 0.6 is 0 Å². The molecule has 4 aromatic carbocycles. The minimum Gasteiger partial charge on any atom is -0.207 e. The van der Waals surface area contributed by atoms with Gasteiger partial charge in [-0.15, -0.1) is 0 Å². The van der Waals surface area contributed by atoms with Gasteiger partial charge in [0, 0.05) is 6.07 Å². The van der Waals surface area contributed by atoms with Gasteiger partial charge in [-0.05, 0) is 82.5 Å². The van der Waals surface area contributed by atoms with E-state index in [9.17, 15) is 22.0 Å². The van der Waals surface area contributed by atoms with E-state index < -0.39 is 23.4 Å². The maximum absolute atomic E-state index is 12.2. The maximum atomic E-state index is 12.2. The van der Waals surface area contributed by atoms with E-state index >= 15 is 0 Å². The summed E-state index contributed by atoms with van der Waals surface area (Å²) in [5, 5.41) is 0. The first-order valence-electron chi connectivity index (χ1n) is 11.4. The van der Waals surface area contributed by atoms with Crippen LogP contribution in [0.25, 0.3) is 0 Å². The molecule has 5 heteroatoms. The van der Waals surface area contributed by atoms with Crippen LogP contribution in [0.1, 0.15) is 38.9 Å². The van der Waals surface area contributed by atoms with Gasteiger partial charge < -0.3 is 0 Å². The Morgan fingerprint density at radius 3 is 1.06 bits per heavy atom. The third-order valence-electron chi connectivity index (χ3n) is 5.03. The standard InChI is InChI=1S/C8H7F3.2C8H10.C7H6F2/c1-6-2-4-7(5-3-6)8(9,10)11;1-7-3-5-8(2)6-4-7;1-7-5-3-4-6-8(7)2;1-5-2-6(8)4-7(9)3-5/h2-5H,1H3;2*3-6H,1-2H3;2-4H,1H3. The van der Waals surface area contributed by atoms with Gasteiger partial charge in [0.25, 0.3) is 0 Å². The smallest absolute Gasteiger partial charge is 0.207 e. The summed E-state index contributed by atoms with van der Waals surface area (Å²) in [7, 11) is 0. The predicted octanol–water partition coefficient (Wildman–Crippen LogP) is 9.89. The highest BCUT2D eigenvalue weighted by molar-refractivity contribution is 5.24. The molecule has 0 fully saturated rings. The summed E-state index contributed by atoms with van der Waals surface area (Å²) in [5.74, 6) is -1.04. The summed E-state index contributed by atoms with van der Waals surface area (Å²) >= 11 is 0. The summed E-state index contributed by atoms with van der Waals surface area (Å²) in [4.78, 5) is 0. The zero-order valence-corrected chi connectivity index (χ0v) is 21.6. The summed E-state index contributed by atoms with van der Waals surface area (Å²) in [6, 6.07) is 25.3. The Hall–Kier alpha value is -3.47. The Bertz CT molecular complexity index is 1080. The minimum atomic E-state index is -4.21. The third kappa shape index (κ3) is 12.8. The van der Waals surface area contributed by atoms with Crippen molar-refractivity contribution in [1.29, 1.82) is 0 Å². The molecule has 0 atom stereocenters. The summed E-state index contributed by atoms with van der Waals surface area (Å²) in [6.07, 6.45) is -4.21. The van der Waals surface area contributed by atoms with E-state index in [0.717, 1.165) is 23.8 Å². The van der Waals surface area contributed by atoms with Crippen LogP contribution < -0.4 is 0 Å².